The second-order valence-electron chi connectivity index (χ2n) is 4.88. The lowest BCUT2D eigenvalue weighted by Gasteiger charge is -2.27. The number of pyridine rings is 1. The maximum atomic E-state index is 11.6. The predicted octanol–water partition coefficient (Wildman–Crippen LogP) is 0.344. The number of carbonyl (C=O) groups excluding carboxylic acids is 1. The Labute approximate surface area is 116 Å². The molecule has 1 aliphatic heterocycles. The van der Waals surface area contributed by atoms with Gasteiger partial charge in [0.2, 0.25) is 0 Å². The summed E-state index contributed by atoms with van der Waals surface area (Å²) in [4.78, 5) is 16.0. The molecule has 0 saturated carbocycles. The van der Waals surface area contributed by atoms with Crippen molar-refractivity contribution in [1.82, 2.24) is 20.1 Å². The Hall–Kier alpha value is -2.41. The SMILES string of the molecule is Cn1cc(Nc2ccc(C3CNC3)nc2C(N)=O)cn1. The predicted molar refractivity (Wildman–Crippen MR) is 74.9 cm³/mol. The van der Waals surface area contributed by atoms with Gasteiger partial charge < -0.3 is 16.4 Å². The number of rotatable bonds is 4. The highest BCUT2D eigenvalue weighted by atomic mass is 16.1. The third kappa shape index (κ3) is 2.35. The normalized spacial score (nSPS) is 14.8. The van der Waals surface area contributed by atoms with Crippen LogP contribution in [0, 0.1) is 0 Å². The van der Waals surface area contributed by atoms with E-state index in [-0.39, 0.29) is 5.69 Å². The number of aryl methyl sites for hydroxylation is 1. The van der Waals surface area contributed by atoms with Crippen LogP contribution in [-0.4, -0.2) is 33.8 Å². The highest BCUT2D eigenvalue weighted by Crippen LogP contribution is 2.24. The smallest absolute Gasteiger partial charge is 0.269 e. The van der Waals surface area contributed by atoms with Gasteiger partial charge >= 0.3 is 0 Å². The fraction of sp³-hybridized carbons (Fsp3) is 0.308. The van der Waals surface area contributed by atoms with E-state index in [9.17, 15) is 4.79 Å². The summed E-state index contributed by atoms with van der Waals surface area (Å²) in [5.41, 5.74) is 7.97. The van der Waals surface area contributed by atoms with Gasteiger partial charge in [0.25, 0.3) is 5.91 Å². The minimum absolute atomic E-state index is 0.262. The lowest BCUT2D eigenvalue weighted by atomic mass is 9.98. The van der Waals surface area contributed by atoms with Gasteiger partial charge in [-0.25, -0.2) is 4.98 Å². The monoisotopic (exact) mass is 272 g/mol. The van der Waals surface area contributed by atoms with Crippen molar-refractivity contribution in [3.8, 4) is 0 Å². The highest BCUT2D eigenvalue weighted by Gasteiger charge is 2.22. The number of anilines is 2. The molecule has 1 saturated heterocycles. The van der Waals surface area contributed by atoms with Crippen LogP contribution in [0.2, 0.25) is 0 Å². The topological polar surface area (TPSA) is 97.9 Å². The van der Waals surface area contributed by atoms with Crippen LogP contribution in [-0.2, 0) is 7.05 Å². The number of primary amides is 1. The van der Waals surface area contributed by atoms with Crippen LogP contribution in [0.15, 0.2) is 24.5 Å². The van der Waals surface area contributed by atoms with Crippen molar-refractivity contribution in [2.75, 3.05) is 18.4 Å². The Morgan fingerprint density at radius 2 is 2.30 bits per heavy atom. The lowest BCUT2D eigenvalue weighted by Crippen LogP contribution is -2.40. The molecule has 20 heavy (non-hydrogen) atoms. The molecule has 4 N–H and O–H groups in total. The molecule has 0 radical (unpaired) electrons. The van der Waals surface area contributed by atoms with Gasteiger partial charge in [-0.1, -0.05) is 0 Å². The highest BCUT2D eigenvalue weighted by molar-refractivity contribution is 5.97. The van der Waals surface area contributed by atoms with E-state index in [1.807, 2.05) is 25.4 Å². The molecule has 1 aliphatic rings. The summed E-state index contributed by atoms with van der Waals surface area (Å²) in [6, 6.07) is 3.77. The molecular weight excluding hydrogens is 256 g/mol. The number of nitrogens with zero attached hydrogens (tertiary/aromatic N) is 3. The molecule has 2 aromatic rings. The van der Waals surface area contributed by atoms with Crippen molar-refractivity contribution >= 4 is 17.3 Å². The van der Waals surface area contributed by atoms with E-state index >= 15 is 0 Å². The van der Waals surface area contributed by atoms with Gasteiger partial charge in [0.15, 0.2) is 5.69 Å². The van der Waals surface area contributed by atoms with E-state index in [4.69, 9.17) is 5.73 Å². The lowest BCUT2D eigenvalue weighted by molar-refractivity contribution is 0.0996. The van der Waals surface area contributed by atoms with Crippen LogP contribution in [0.3, 0.4) is 0 Å². The summed E-state index contributed by atoms with van der Waals surface area (Å²) in [6.07, 6.45) is 3.49. The standard InChI is InChI=1S/C13H16N6O/c1-19-7-9(6-16-19)17-11-3-2-10(8-4-15-5-8)18-12(11)13(14)20/h2-3,6-8,15,17H,4-5H2,1H3,(H2,14,20). The molecule has 0 aliphatic carbocycles. The zero-order valence-corrected chi connectivity index (χ0v) is 11.1. The average molecular weight is 272 g/mol. The Morgan fingerprint density at radius 3 is 2.85 bits per heavy atom. The van der Waals surface area contributed by atoms with Crippen molar-refractivity contribution < 1.29 is 4.79 Å². The third-order valence-corrected chi connectivity index (χ3v) is 3.33. The van der Waals surface area contributed by atoms with Gasteiger partial charge in [-0.2, -0.15) is 5.10 Å². The Kier molecular flexibility index (Phi) is 3.11. The minimum Gasteiger partial charge on any atom is -0.364 e. The first-order chi connectivity index (χ1) is 9.63. The Morgan fingerprint density at radius 1 is 1.50 bits per heavy atom. The van der Waals surface area contributed by atoms with E-state index in [1.165, 1.54) is 0 Å². The molecule has 3 rings (SSSR count). The minimum atomic E-state index is -0.537. The van der Waals surface area contributed by atoms with E-state index < -0.39 is 5.91 Å². The fourth-order valence-electron chi connectivity index (χ4n) is 2.13. The Balaban J connectivity index is 1.91. The van der Waals surface area contributed by atoms with Gasteiger partial charge in [0.1, 0.15) is 0 Å². The second-order valence-corrected chi connectivity index (χ2v) is 4.88. The maximum Gasteiger partial charge on any atom is 0.269 e. The average Bonchev–Trinajstić information content (AvgIpc) is 2.74. The van der Waals surface area contributed by atoms with E-state index in [0.29, 0.717) is 11.6 Å². The van der Waals surface area contributed by atoms with E-state index in [0.717, 1.165) is 24.5 Å². The van der Waals surface area contributed by atoms with Crippen LogP contribution in [0.5, 0.6) is 0 Å². The zero-order valence-electron chi connectivity index (χ0n) is 11.1. The van der Waals surface area contributed by atoms with E-state index in [1.54, 1.807) is 10.9 Å². The van der Waals surface area contributed by atoms with Gasteiger partial charge in [-0.3, -0.25) is 9.48 Å². The molecular formula is C13H16N6O. The van der Waals surface area contributed by atoms with Crippen molar-refractivity contribution in [1.29, 1.82) is 0 Å². The van der Waals surface area contributed by atoms with Crippen molar-refractivity contribution in [2.24, 2.45) is 12.8 Å². The van der Waals surface area contributed by atoms with Crippen molar-refractivity contribution in [3.63, 3.8) is 0 Å². The van der Waals surface area contributed by atoms with Crippen LogP contribution < -0.4 is 16.4 Å². The maximum absolute atomic E-state index is 11.6. The molecule has 0 unspecified atom stereocenters. The molecule has 0 atom stereocenters. The number of hydrogen-bond donors (Lipinski definition) is 3. The van der Waals surface area contributed by atoms with Crippen molar-refractivity contribution in [3.05, 3.63) is 35.9 Å². The molecule has 2 aromatic heterocycles. The molecule has 0 aromatic carbocycles. The number of carbonyl (C=O) groups is 1. The molecule has 7 heteroatoms. The summed E-state index contributed by atoms with van der Waals surface area (Å²) < 4.78 is 1.67. The fourth-order valence-corrected chi connectivity index (χ4v) is 2.13. The summed E-state index contributed by atoms with van der Waals surface area (Å²) in [5, 5.41) is 10.4. The van der Waals surface area contributed by atoms with Crippen molar-refractivity contribution in [2.45, 2.75) is 5.92 Å². The summed E-state index contributed by atoms with van der Waals surface area (Å²) >= 11 is 0. The van der Waals surface area contributed by atoms with Gasteiger partial charge in [0, 0.05) is 37.9 Å². The summed E-state index contributed by atoms with van der Waals surface area (Å²) in [7, 11) is 1.82. The first-order valence-electron chi connectivity index (χ1n) is 6.40. The molecule has 7 nitrogen and oxygen atoms in total. The van der Waals surface area contributed by atoms with Crippen LogP contribution >= 0.6 is 0 Å². The molecule has 104 valence electrons. The number of nitrogens with two attached hydrogens (primary N) is 1. The molecule has 1 fully saturated rings. The molecule has 1 amide bonds. The Bertz CT molecular complexity index is 646. The van der Waals surface area contributed by atoms with Gasteiger partial charge in [0.05, 0.1) is 17.6 Å². The first-order valence-corrected chi connectivity index (χ1v) is 6.40. The largest absolute Gasteiger partial charge is 0.364 e. The second kappa shape index (κ2) is 4.93. The number of aromatic nitrogens is 3. The van der Waals surface area contributed by atoms with E-state index in [2.05, 4.69) is 20.7 Å². The molecule has 0 spiro atoms. The van der Waals surface area contributed by atoms with Gasteiger partial charge in [-0.15, -0.1) is 0 Å². The number of amides is 1. The van der Waals surface area contributed by atoms with Gasteiger partial charge in [-0.05, 0) is 12.1 Å². The third-order valence-electron chi connectivity index (χ3n) is 3.33. The van der Waals surface area contributed by atoms with Crippen LogP contribution in [0.25, 0.3) is 0 Å². The van der Waals surface area contributed by atoms with Crippen LogP contribution in [0.4, 0.5) is 11.4 Å². The first kappa shape index (κ1) is 12.6. The molecule has 0 bridgehead atoms. The summed E-state index contributed by atoms with van der Waals surface area (Å²) in [6.45, 7) is 1.78. The van der Waals surface area contributed by atoms with Crippen LogP contribution in [0.1, 0.15) is 22.1 Å². The summed E-state index contributed by atoms with van der Waals surface area (Å²) in [5.74, 6) is -0.175. The molecule has 3 heterocycles. The quantitative estimate of drug-likeness (QED) is 0.746. The number of nitrogens with one attached hydrogen (secondary N) is 2. The zero-order chi connectivity index (χ0) is 14.1. The number of hydrogen-bond acceptors (Lipinski definition) is 5.